The van der Waals surface area contributed by atoms with Crippen LogP contribution in [0, 0.1) is 17.8 Å². The number of rotatable bonds is 23. The Morgan fingerprint density at radius 1 is 0.894 bits per heavy atom. The summed E-state index contributed by atoms with van der Waals surface area (Å²) in [6, 6.07) is 40.0. The first-order chi connectivity index (χ1) is 32.5. The predicted octanol–water partition coefficient (Wildman–Crippen LogP) is 11.4. The van der Waals surface area contributed by atoms with Crippen LogP contribution < -0.4 is 9.47 Å². The highest BCUT2D eigenvalue weighted by molar-refractivity contribution is 7.99. The third-order valence-electron chi connectivity index (χ3n) is 13.4. The molecule has 2 aliphatic carbocycles. The van der Waals surface area contributed by atoms with Crippen molar-refractivity contribution in [2.75, 3.05) is 38.7 Å². The minimum Gasteiger partial charge on any atom is -0.493 e. The second-order valence-electron chi connectivity index (χ2n) is 17.6. The van der Waals surface area contributed by atoms with Crippen molar-refractivity contribution in [3.05, 3.63) is 162 Å². The number of aliphatic hydroxyl groups excluding tert-OH is 2. The van der Waals surface area contributed by atoms with E-state index in [9.17, 15) is 10.2 Å². The van der Waals surface area contributed by atoms with Crippen LogP contribution in [0.25, 0.3) is 10.8 Å². The van der Waals surface area contributed by atoms with Crippen molar-refractivity contribution in [2.45, 2.75) is 87.5 Å². The number of allylic oxidation sites excluding steroid dienone is 1. The average molecular weight is 909 g/mol. The first-order valence-corrected chi connectivity index (χ1v) is 24.8. The van der Waals surface area contributed by atoms with Crippen molar-refractivity contribution >= 4 is 34.2 Å². The molecule has 8 rings (SSSR count). The Hall–Kier alpha value is -5.39. The largest absolute Gasteiger partial charge is 0.493 e. The van der Waals surface area contributed by atoms with Gasteiger partial charge in [-0.05, 0) is 108 Å². The number of amides is 1. The average Bonchev–Trinajstić information content (AvgIpc) is 3.35. The van der Waals surface area contributed by atoms with Crippen LogP contribution in [-0.2, 0) is 16.2 Å². The van der Waals surface area contributed by atoms with Crippen molar-refractivity contribution in [3.63, 3.8) is 0 Å². The molecule has 346 valence electrons. The minimum atomic E-state index is -1.35. The fourth-order valence-corrected chi connectivity index (χ4v) is 11.2. The molecule has 6 unspecified atom stereocenters. The minimum absolute atomic E-state index is 0.100. The van der Waals surface area contributed by atoms with Crippen LogP contribution in [0.15, 0.2) is 156 Å². The number of unbranched alkanes of at least 4 members (excludes halogenated alkanes) is 2. The van der Waals surface area contributed by atoms with Gasteiger partial charge in [-0.25, -0.2) is 0 Å². The van der Waals surface area contributed by atoms with E-state index in [-0.39, 0.29) is 50.1 Å². The maximum Gasteiger partial charge on any atom is 0.254 e. The normalized spacial score (nSPS) is 22.4. The first kappa shape index (κ1) is 47.1. The van der Waals surface area contributed by atoms with Crippen molar-refractivity contribution < 1.29 is 34.1 Å². The van der Waals surface area contributed by atoms with Gasteiger partial charge in [0.05, 0.1) is 24.8 Å². The molecule has 0 bridgehead atoms. The molecule has 1 fully saturated rings. The zero-order chi connectivity index (χ0) is 45.7. The number of carbonyl (C=O) groups excluding carboxylic acids is 1. The third kappa shape index (κ3) is 10.6. The molecular weight excluding hydrogens is 845 g/mol. The zero-order valence-corrected chi connectivity index (χ0v) is 39.0. The second kappa shape index (κ2) is 22.9. The molecule has 9 nitrogen and oxygen atoms in total. The Bertz CT molecular complexity index is 2440. The molecule has 1 heterocycles. The lowest BCUT2D eigenvalue weighted by Gasteiger charge is -2.60. The van der Waals surface area contributed by atoms with E-state index in [1.165, 1.54) is 4.90 Å². The van der Waals surface area contributed by atoms with Crippen LogP contribution >= 0.6 is 11.8 Å². The Labute approximate surface area is 394 Å². The summed E-state index contributed by atoms with van der Waals surface area (Å²) in [6.45, 7) is 7.90. The molecule has 5 aromatic rings. The van der Waals surface area contributed by atoms with Gasteiger partial charge >= 0.3 is 0 Å². The summed E-state index contributed by atoms with van der Waals surface area (Å²) in [6.07, 6.45) is 9.97. The Kier molecular flexibility index (Phi) is 16.3. The van der Waals surface area contributed by atoms with Crippen LogP contribution in [0.3, 0.4) is 0 Å². The van der Waals surface area contributed by atoms with E-state index >= 15 is 4.79 Å². The van der Waals surface area contributed by atoms with E-state index in [0.29, 0.717) is 50.1 Å². The molecule has 10 heteroatoms. The van der Waals surface area contributed by atoms with E-state index in [0.717, 1.165) is 70.4 Å². The monoisotopic (exact) mass is 908 g/mol. The smallest absolute Gasteiger partial charge is 0.254 e. The van der Waals surface area contributed by atoms with Gasteiger partial charge in [-0.15, -0.1) is 18.3 Å². The second-order valence-corrected chi connectivity index (χ2v) is 18.8. The number of hydrogen-bond donors (Lipinski definition) is 2. The van der Waals surface area contributed by atoms with E-state index in [1.54, 1.807) is 17.8 Å². The van der Waals surface area contributed by atoms with Gasteiger partial charge in [-0.2, -0.15) is 0 Å². The maximum absolute atomic E-state index is 15.3. The van der Waals surface area contributed by atoms with Gasteiger partial charge in [0.15, 0.2) is 0 Å². The van der Waals surface area contributed by atoms with Crippen LogP contribution in [0.2, 0.25) is 0 Å². The van der Waals surface area contributed by atoms with Gasteiger partial charge in [-0.1, -0.05) is 116 Å². The molecule has 0 saturated heterocycles. The van der Waals surface area contributed by atoms with Gasteiger partial charge in [-0.3, -0.25) is 4.79 Å². The Balaban J connectivity index is 1.28. The quantitative estimate of drug-likeness (QED) is 0.0289. The van der Waals surface area contributed by atoms with Crippen LogP contribution in [0.5, 0.6) is 11.5 Å². The van der Waals surface area contributed by atoms with Gasteiger partial charge in [0.25, 0.3) is 5.91 Å². The van der Waals surface area contributed by atoms with Crippen LogP contribution in [-0.4, -0.2) is 77.3 Å². The lowest BCUT2D eigenvalue weighted by molar-refractivity contribution is -0.254. The van der Waals surface area contributed by atoms with E-state index in [4.69, 9.17) is 24.2 Å². The number of ether oxygens (including phenoxy) is 3. The molecule has 6 atom stereocenters. The maximum atomic E-state index is 15.3. The standard InChI is InChI=1S/C56H64N2O7S/c1-3-29-58(55(61)44-26-25-41-19-11-12-20-42(41)35-44)52-38-50(57-64-39-40-17-7-5-8-18-40)48-36-43(21-13-15-30-59)47(24-14-16-31-60)53-49-37-45(62-33-34-66-46-22-9-6-10-23-46)27-28-51(49)65-56(52,54(48)53)63-32-4-2/h4-12,17-20,22-23,25-28,35-37,43,47,52-54,59-60H,2-3,13-16,21,24,29-34,38-39H2,1H3. The molecule has 66 heavy (non-hydrogen) atoms. The lowest BCUT2D eigenvalue weighted by atomic mass is 9.55. The molecule has 5 aromatic carbocycles. The number of aliphatic hydroxyl groups is 2. The summed E-state index contributed by atoms with van der Waals surface area (Å²) in [5.74, 6) is 0.446. The van der Waals surface area contributed by atoms with Gasteiger partial charge in [0.1, 0.15) is 24.1 Å². The fraction of sp³-hybridized carbons (Fsp3) is 0.393. The molecule has 0 aromatic heterocycles. The van der Waals surface area contributed by atoms with Crippen LogP contribution in [0.1, 0.15) is 85.7 Å². The van der Waals surface area contributed by atoms with Crippen LogP contribution in [0.4, 0.5) is 0 Å². The Morgan fingerprint density at radius 3 is 2.39 bits per heavy atom. The van der Waals surface area contributed by atoms with E-state index in [1.807, 2.05) is 89.8 Å². The summed E-state index contributed by atoms with van der Waals surface area (Å²) in [5, 5.41) is 27.1. The molecule has 2 N–H and O–H groups in total. The molecule has 1 aliphatic heterocycles. The summed E-state index contributed by atoms with van der Waals surface area (Å²) in [7, 11) is 0. The summed E-state index contributed by atoms with van der Waals surface area (Å²) >= 11 is 1.76. The number of nitrogens with zero attached hydrogens (tertiary/aromatic N) is 2. The van der Waals surface area contributed by atoms with Crippen molar-refractivity contribution in [1.82, 2.24) is 4.90 Å². The van der Waals surface area contributed by atoms with Gasteiger partial charge < -0.3 is 34.2 Å². The third-order valence-corrected chi connectivity index (χ3v) is 14.3. The Morgan fingerprint density at radius 2 is 1.64 bits per heavy atom. The molecule has 1 amide bonds. The lowest BCUT2D eigenvalue weighted by Crippen LogP contribution is -2.70. The van der Waals surface area contributed by atoms with E-state index in [2.05, 4.69) is 56.0 Å². The number of benzene rings is 5. The molecular formula is C56H64N2O7S. The first-order valence-electron chi connectivity index (χ1n) is 23.8. The van der Waals surface area contributed by atoms with Crippen molar-refractivity contribution in [3.8, 4) is 11.5 Å². The molecule has 1 saturated carbocycles. The highest BCUT2D eigenvalue weighted by Gasteiger charge is 2.65. The molecule has 3 aliphatic rings. The van der Waals surface area contributed by atoms with Crippen molar-refractivity contribution in [2.24, 2.45) is 22.9 Å². The number of fused-ring (bicyclic) bond motifs is 3. The van der Waals surface area contributed by atoms with Crippen molar-refractivity contribution in [1.29, 1.82) is 0 Å². The number of hydrogen-bond acceptors (Lipinski definition) is 9. The predicted molar refractivity (Wildman–Crippen MR) is 264 cm³/mol. The zero-order valence-electron chi connectivity index (χ0n) is 38.1. The number of thioether (sulfide) groups is 1. The number of carbonyl (C=O) groups is 1. The number of oxime groups is 1. The highest BCUT2D eigenvalue weighted by atomic mass is 32.2. The van der Waals surface area contributed by atoms with Gasteiger partial charge in [0, 0.05) is 53.9 Å². The summed E-state index contributed by atoms with van der Waals surface area (Å²) < 4.78 is 21.2. The summed E-state index contributed by atoms with van der Waals surface area (Å²) in [5.41, 5.74) is 4.41. The molecule has 0 radical (unpaired) electrons. The summed E-state index contributed by atoms with van der Waals surface area (Å²) in [4.78, 5) is 24.8. The topological polar surface area (TPSA) is 110 Å². The highest BCUT2D eigenvalue weighted by Crippen LogP contribution is 2.62. The fourth-order valence-electron chi connectivity index (χ4n) is 10.5. The SMILES string of the molecule is C=CCOC12Oc3ccc(OCCSc4ccccc4)cc3C3C(CCCCO)C(CCCCO)C=C(C(=NOCc4ccccc4)CC1N(CCC)C(=O)c1ccc4ccccc4c1)C32. The van der Waals surface area contributed by atoms with E-state index < -0.39 is 17.7 Å². The molecule has 0 spiro atoms. The van der Waals surface area contributed by atoms with Gasteiger partial charge in [0.2, 0.25) is 5.79 Å².